The van der Waals surface area contributed by atoms with Gasteiger partial charge in [0.1, 0.15) is 0 Å². The van der Waals surface area contributed by atoms with Gasteiger partial charge in [-0.15, -0.1) is 0 Å². The van der Waals surface area contributed by atoms with Gasteiger partial charge in [-0.2, -0.15) is 0 Å². The fraction of sp³-hybridized carbons (Fsp3) is 0.500. The van der Waals surface area contributed by atoms with Crippen LogP contribution in [-0.2, 0) is 9.84 Å². The average Bonchev–Trinajstić information content (AvgIpc) is 2.40. The van der Waals surface area contributed by atoms with Crippen LogP contribution in [0.2, 0.25) is 0 Å². The van der Waals surface area contributed by atoms with Crippen LogP contribution in [0.5, 0.6) is 0 Å². The van der Waals surface area contributed by atoms with E-state index < -0.39 is 9.84 Å². The van der Waals surface area contributed by atoms with E-state index in [2.05, 4.69) is 0 Å². The largest absolute Gasteiger partial charge is 0.393 e. The summed E-state index contributed by atoms with van der Waals surface area (Å²) in [4.78, 5) is 14.2. The zero-order chi connectivity index (χ0) is 14.9. The van der Waals surface area contributed by atoms with Crippen molar-refractivity contribution in [2.75, 3.05) is 19.3 Å². The Morgan fingerprint density at radius 1 is 1.40 bits per heavy atom. The van der Waals surface area contributed by atoms with E-state index >= 15 is 0 Å². The van der Waals surface area contributed by atoms with Gasteiger partial charge in [0.05, 0.1) is 11.0 Å². The van der Waals surface area contributed by atoms with Crippen LogP contribution >= 0.6 is 0 Å². The summed E-state index contributed by atoms with van der Waals surface area (Å²) in [5.41, 5.74) is 0.372. The summed E-state index contributed by atoms with van der Waals surface area (Å²) in [7, 11) is -3.32. The third kappa shape index (κ3) is 3.19. The summed E-state index contributed by atoms with van der Waals surface area (Å²) in [6.07, 6.45) is 1.30. The fourth-order valence-electron chi connectivity index (χ4n) is 2.36. The molecule has 0 aliphatic carbocycles. The van der Waals surface area contributed by atoms with Crippen molar-refractivity contribution in [3.05, 3.63) is 29.8 Å². The topological polar surface area (TPSA) is 74.7 Å². The summed E-state index contributed by atoms with van der Waals surface area (Å²) in [5, 5.41) is 9.68. The van der Waals surface area contributed by atoms with E-state index in [0.717, 1.165) is 6.26 Å². The number of aliphatic hydroxyl groups is 1. The Kier molecular flexibility index (Phi) is 4.15. The summed E-state index contributed by atoms with van der Waals surface area (Å²) in [5.74, 6) is -0.153. The van der Waals surface area contributed by atoms with E-state index in [1.165, 1.54) is 12.1 Å². The molecule has 5 nitrogen and oxygen atoms in total. The molecule has 0 saturated carbocycles. The summed E-state index contributed by atoms with van der Waals surface area (Å²) < 4.78 is 23.0. The van der Waals surface area contributed by atoms with Crippen molar-refractivity contribution >= 4 is 15.7 Å². The molecule has 1 aromatic rings. The first kappa shape index (κ1) is 15.0. The number of hydrogen-bond acceptors (Lipinski definition) is 4. The van der Waals surface area contributed by atoms with Crippen molar-refractivity contribution in [2.45, 2.75) is 24.3 Å². The van der Waals surface area contributed by atoms with Crippen LogP contribution in [0.3, 0.4) is 0 Å². The van der Waals surface area contributed by atoms with Gasteiger partial charge in [-0.1, -0.05) is 13.0 Å². The lowest BCUT2D eigenvalue weighted by molar-refractivity contribution is 0.0297. The van der Waals surface area contributed by atoms with Crippen molar-refractivity contribution < 1.29 is 18.3 Å². The number of nitrogens with zero attached hydrogens (tertiary/aromatic N) is 1. The van der Waals surface area contributed by atoms with Gasteiger partial charge >= 0.3 is 0 Å². The third-order valence-electron chi connectivity index (χ3n) is 3.66. The summed E-state index contributed by atoms with van der Waals surface area (Å²) in [6, 6.07) is 6.08. The second-order valence-electron chi connectivity index (χ2n) is 5.38. The van der Waals surface area contributed by atoms with E-state index in [-0.39, 0.29) is 22.8 Å². The normalized spacial score (nSPS) is 23.6. The van der Waals surface area contributed by atoms with E-state index in [1.807, 2.05) is 6.92 Å². The number of aliphatic hydroxyl groups excluding tert-OH is 1. The number of amides is 1. The molecule has 6 heteroatoms. The van der Waals surface area contributed by atoms with Gasteiger partial charge in [0, 0.05) is 24.9 Å². The van der Waals surface area contributed by atoms with Gasteiger partial charge < -0.3 is 10.0 Å². The monoisotopic (exact) mass is 297 g/mol. The third-order valence-corrected chi connectivity index (χ3v) is 4.77. The molecule has 1 aromatic carbocycles. The first-order chi connectivity index (χ1) is 9.29. The highest BCUT2D eigenvalue weighted by Gasteiger charge is 2.28. The van der Waals surface area contributed by atoms with E-state index in [1.54, 1.807) is 17.0 Å². The molecule has 1 aliphatic heterocycles. The maximum absolute atomic E-state index is 12.4. The molecule has 110 valence electrons. The number of likely N-dealkylation sites (tertiary alicyclic amines) is 1. The highest BCUT2D eigenvalue weighted by molar-refractivity contribution is 7.90. The molecule has 1 aliphatic rings. The maximum atomic E-state index is 12.4. The fourth-order valence-corrected chi connectivity index (χ4v) is 3.03. The molecular weight excluding hydrogens is 278 g/mol. The maximum Gasteiger partial charge on any atom is 0.253 e. The smallest absolute Gasteiger partial charge is 0.253 e. The van der Waals surface area contributed by atoms with Crippen molar-refractivity contribution in [2.24, 2.45) is 5.92 Å². The molecule has 2 atom stereocenters. The van der Waals surface area contributed by atoms with E-state index in [4.69, 9.17) is 0 Å². The molecule has 0 spiro atoms. The van der Waals surface area contributed by atoms with Crippen LogP contribution in [0.25, 0.3) is 0 Å². The second-order valence-corrected chi connectivity index (χ2v) is 7.40. The van der Waals surface area contributed by atoms with E-state index in [9.17, 15) is 18.3 Å². The summed E-state index contributed by atoms with van der Waals surface area (Å²) >= 11 is 0. The Bertz CT molecular complexity index is 611. The Hall–Kier alpha value is -1.40. The molecule has 1 saturated heterocycles. The molecule has 0 aromatic heterocycles. The van der Waals surface area contributed by atoms with Crippen molar-refractivity contribution in [3.8, 4) is 0 Å². The molecule has 2 rings (SSSR count). The van der Waals surface area contributed by atoms with Crippen LogP contribution in [0.1, 0.15) is 23.7 Å². The molecule has 1 heterocycles. The predicted molar refractivity (Wildman–Crippen MR) is 75.2 cm³/mol. The molecular formula is C14H19NO4S. The number of rotatable bonds is 2. The number of benzene rings is 1. The lowest BCUT2D eigenvalue weighted by atomic mass is 9.96. The van der Waals surface area contributed by atoms with Crippen LogP contribution < -0.4 is 0 Å². The molecule has 1 fully saturated rings. The van der Waals surface area contributed by atoms with Gasteiger partial charge in [-0.25, -0.2) is 8.42 Å². The molecule has 2 unspecified atom stereocenters. The van der Waals surface area contributed by atoms with Gasteiger partial charge in [-0.05, 0) is 30.5 Å². The highest BCUT2D eigenvalue weighted by atomic mass is 32.2. The van der Waals surface area contributed by atoms with Crippen LogP contribution in [0.4, 0.5) is 0 Å². The van der Waals surface area contributed by atoms with Crippen molar-refractivity contribution in [1.82, 2.24) is 4.90 Å². The number of carbonyl (C=O) groups is 1. The Morgan fingerprint density at radius 3 is 2.70 bits per heavy atom. The standard InChI is InChI=1S/C14H19NO4S/c1-10-9-15(7-6-13(10)16)14(17)11-4-3-5-12(8-11)20(2,18)19/h3-5,8,10,13,16H,6-7,9H2,1-2H3. The zero-order valence-corrected chi connectivity index (χ0v) is 12.4. The van der Waals surface area contributed by atoms with E-state index in [0.29, 0.717) is 25.1 Å². The van der Waals surface area contributed by atoms with Crippen molar-refractivity contribution in [1.29, 1.82) is 0 Å². The minimum Gasteiger partial charge on any atom is -0.393 e. The highest BCUT2D eigenvalue weighted by Crippen LogP contribution is 2.20. The van der Waals surface area contributed by atoms with Crippen LogP contribution in [0.15, 0.2) is 29.2 Å². The quantitative estimate of drug-likeness (QED) is 0.881. The Labute approximate surface area is 119 Å². The first-order valence-corrected chi connectivity index (χ1v) is 8.45. The van der Waals surface area contributed by atoms with Gasteiger partial charge in [0.15, 0.2) is 9.84 Å². The minimum atomic E-state index is -3.32. The molecule has 1 N–H and O–H groups in total. The lowest BCUT2D eigenvalue weighted by Gasteiger charge is -2.34. The molecule has 20 heavy (non-hydrogen) atoms. The van der Waals surface area contributed by atoms with Crippen LogP contribution in [-0.4, -0.2) is 49.8 Å². The predicted octanol–water partition coefficient (Wildman–Crippen LogP) is 0.933. The Morgan fingerprint density at radius 2 is 2.10 bits per heavy atom. The SMILES string of the molecule is CC1CN(C(=O)c2cccc(S(C)(=O)=O)c2)CCC1O. The molecule has 0 radical (unpaired) electrons. The first-order valence-electron chi connectivity index (χ1n) is 6.56. The van der Waals surface area contributed by atoms with Gasteiger partial charge in [-0.3, -0.25) is 4.79 Å². The van der Waals surface area contributed by atoms with Crippen LogP contribution in [0, 0.1) is 5.92 Å². The number of sulfone groups is 1. The molecule has 0 bridgehead atoms. The second kappa shape index (κ2) is 5.54. The average molecular weight is 297 g/mol. The zero-order valence-electron chi connectivity index (χ0n) is 11.6. The number of carbonyl (C=O) groups excluding carboxylic acids is 1. The minimum absolute atomic E-state index is 0.0331. The van der Waals surface area contributed by atoms with Gasteiger partial charge in [0.2, 0.25) is 0 Å². The Balaban J connectivity index is 2.22. The van der Waals surface area contributed by atoms with Crippen molar-refractivity contribution in [3.63, 3.8) is 0 Å². The molecule has 1 amide bonds. The summed E-state index contributed by atoms with van der Waals surface area (Å²) in [6.45, 7) is 2.88. The van der Waals surface area contributed by atoms with Gasteiger partial charge in [0.25, 0.3) is 5.91 Å². The number of hydrogen-bond donors (Lipinski definition) is 1. The lowest BCUT2D eigenvalue weighted by Crippen LogP contribution is -2.44. The number of piperidine rings is 1.